The minimum absolute atomic E-state index is 0.251. The smallest absolute Gasteiger partial charge is 0.127 e. The Morgan fingerprint density at radius 3 is 2.58 bits per heavy atom. The second kappa shape index (κ2) is 16.7. The molecular formula is C27H49N7OS. The van der Waals surface area contributed by atoms with E-state index in [0.29, 0.717) is 5.92 Å². The van der Waals surface area contributed by atoms with Gasteiger partial charge >= 0.3 is 0 Å². The van der Waals surface area contributed by atoms with Crippen molar-refractivity contribution in [1.29, 1.82) is 0 Å². The molecule has 3 N–H and O–H groups in total. The molecular weight excluding hydrogens is 470 g/mol. The molecule has 3 heterocycles. The molecule has 0 bridgehead atoms. The van der Waals surface area contributed by atoms with Crippen LogP contribution in [0.3, 0.4) is 0 Å². The summed E-state index contributed by atoms with van der Waals surface area (Å²) in [7, 11) is 2.14. The van der Waals surface area contributed by atoms with Crippen molar-refractivity contribution in [2.75, 3.05) is 69.0 Å². The van der Waals surface area contributed by atoms with Crippen molar-refractivity contribution in [2.45, 2.75) is 58.8 Å². The van der Waals surface area contributed by atoms with Crippen molar-refractivity contribution in [1.82, 2.24) is 20.2 Å². The third-order valence-electron chi connectivity index (χ3n) is 6.77. The number of rotatable bonds is 14. The lowest BCUT2D eigenvalue weighted by atomic mass is 10.0. The molecule has 0 amide bonds. The zero-order valence-electron chi connectivity index (χ0n) is 23.2. The van der Waals surface area contributed by atoms with Crippen LogP contribution in [-0.2, 0) is 0 Å². The molecule has 2 aliphatic rings. The van der Waals surface area contributed by atoms with Gasteiger partial charge in [0.05, 0.1) is 29.2 Å². The number of pyridine rings is 1. The molecule has 3 rings (SSSR count). The molecule has 9 heteroatoms. The lowest BCUT2D eigenvalue weighted by Crippen LogP contribution is -2.48. The number of fused-ring (bicyclic) bond motifs is 1. The zero-order valence-corrected chi connectivity index (χ0v) is 24.0. The Labute approximate surface area is 223 Å². The lowest BCUT2D eigenvalue weighted by molar-refractivity contribution is 0.147. The summed E-state index contributed by atoms with van der Waals surface area (Å²) in [6, 6.07) is 4.24. The highest BCUT2D eigenvalue weighted by Gasteiger charge is 2.24. The van der Waals surface area contributed by atoms with Crippen LogP contribution < -0.4 is 15.6 Å². The number of aromatic nitrogens is 1. The summed E-state index contributed by atoms with van der Waals surface area (Å²) < 4.78 is 0. The van der Waals surface area contributed by atoms with Gasteiger partial charge in [-0.25, -0.2) is 4.98 Å². The van der Waals surface area contributed by atoms with Crippen LogP contribution in [0.15, 0.2) is 22.9 Å². The molecule has 1 saturated heterocycles. The number of thioether (sulfide) groups is 1. The average molecular weight is 520 g/mol. The SMILES string of the molecule is C=NNC(SCNc1ccc2c(n1)C=C(N1CCN(CCCO)CC1)CN2C)C(CC)CCC.CC. The van der Waals surface area contributed by atoms with Gasteiger partial charge in [0.2, 0.25) is 0 Å². The maximum absolute atomic E-state index is 9.08. The topological polar surface area (TPSA) is 79.3 Å². The molecule has 0 radical (unpaired) electrons. The lowest BCUT2D eigenvalue weighted by Gasteiger charge is -2.40. The number of aliphatic hydroxyl groups excluding tert-OH is 1. The molecule has 0 saturated carbocycles. The third-order valence-corrected chi connectivity index (χ3v) is 7.93. The molecule has 0 spiro atoms. The quantitative estimate of drug-likeness (QED) is 0.190. The zero-order chi connectivity index (χ0) is 26.3. The van der Waals surface area contributed by atoms with Gasteiger partial charge in [-0.05, 0) is 37.0 Å². The summed E-state index contributed by atoms with van der Waals surface area (Å²) in [5.41, 5.74) is 6.73. The van der Waals surface area contributed by atoms with Crippen LogP contribution in [0.1, 0.15) is 59.1 Å². The Hall–Kier alpha value is -1.97. The summed E-state index contributed by atoms with van der Waals surface area (Å²) >= 11 is 1.83. The van der Waals surface area contributed by atoms with Crippen molar-refractivity contribution in [3.8, 4) is 0 Å². The average Bonchev–Trinajstić information content (AvgIpc) is 2.91. The summed E-state index contributed by atoms with van der Waals surface area (Å²) in [4.78, 5) is 12.2. The standard InChI is InChI=1S/C25H43N7OS.C2H6/c1-5-8-20(6-2)25(29-26-3)34-19-27-24-10-9-23-22(28-24)17-21(18-30(23)4)32-14-12-31(13-15-32)11-7-16-33;1-2/h9-10,17,20,25,29,33H,3,5-8,11-16,18-19H2,1-2,4H3,(H,27,28);1-2H3. The normalized spacial score (nSPS) is 17.3. The van der Waals surface area contributed by atoms with Gasteiger partial charge in [-0.3, -0.25) is 10.3 Å². The minimum Gasteiger partial charge on any atom is -0.396 e. The van der Waals surface area contributed by atoms with Crippen molar-refractivity contribution in [3.05, 3.63) is 23.5 Å². The molecule has 1 aromatic heterocycles. The predicted molar refractivity (Wildman–Crippen MR) is 158 cm³/mol. The Kier molecular flexibility index (Phi) is 14.0. The van der Waals surface area contributed by atoms with E-state index in [1.54, 1.807) is 0 Å². The van der Waals surface area contributed by atoms with Crippen LogP contribution in [0.2, 0.25) is 0 Å². The fourth-order valence-corrected chi connectivity index (χ4v) is 5.95. The molecule has 1 aromatic rings. The predicted octanol–water partition coefficient (Wildman–Crippen LogP) is 4.36. The van der Waals surface area contributed by atoms with E-state index in [1.165, 1.54) is 24.2 Å². The second-order valence-electron chi connectivity index (χ2n) is 9.15. The monoisotopic (exact) mass is 519 g/mol. The van der Waals surface area contributed by atoms with E-state index in [9.17, 15) is 0 Å². The van der Waals surface area contributed by atoms with Crippen molar-refractivity contribution in [3.63, 3.8) is 0 Å². The van der Waals surface area contributed by atoms with Gasteiger partial charge in [0.1, 0.15) is 5.82 Å². The van der Waals surface area contributed by atoms with E-state index in [4.69, 9.17) is 10.1 Å². The number of nitrogens with one attached hydrogen (secondary N) is 2. The first kappa shape index (κ1) is 30.3. The van der Waals surface area contributed by atoms with Crippen LogP contribution in [0, 0.1) is 5.92 Å². The van der Waals surface area contributed by atoms with E-state index in [-0.39, 0.29) is 12.0 Å². The number of piperazine rings is 1. The van der Waals surface area contributed by atoms with Crippen molar-refractivity contribution >= 4 is 36.1 Å². The Balaban J connectivity index is 0.00000222. The number of likely N-dealkylation sites (N-methyl/N-ethyl adjacent to an activating group) is 1. The maximum atomic E-state index is 9.08. The van der Waals surface area contributed by atoms with E-state index < -0.39 is 0 Å². The highest BCUT2D eigenvalue weighted by atomic mass is 32.2. The van der Waals surface area contributed by atoms with Gasteiger partial charge < -0.3 is 20.2 Å². The fourth-order valence-electron chi connectivity index (χ4n) is 4.79. The number of aliphatic hydroxyl groups is 1. The Morgan fingerprint density at radius 1 is 1.19 bits per heavy atom. The number of hydrogen-bond donors (Lipinski definition) is 3. The number of anilines is 2. The molecule has 36 heavy (non-hydrogen) atoms. The van der Waals surface area contributed by atoms with Crippen LogP contribution >= 0.6 is 11.8 Å². The fraction of sp³-hybridized carbons (Fsp3) is 0.704. The van der Waals surface area contributed by atoms with E-state index in [2.05, 4.69) is 76.4 Å². The maximum Gasteiger partial charge on any atom is 0.127 e. The highest BCUT2D eigenvalue weighted by Crippen LogP contribution is 2.30. The van der Waals surface area contributed by atoms with Crippen LogP contribution in [0.4, 0.5) is 11.5 Å². The number of nitrogens with zero attached hydrogens (tertiary/aromatic N) is 5. The van der Waals surface area contributed by atoms with E-state index in [0.717, 1.165) is 69.5 Å². The first-order valence-corrected chi connectivity index (χ1v) is 14.7. The van der Waals surface area contributed by atoms with Crippen molar-refractivity contribution < 1.29 is 5.11 Å². The summed E-state index contributed by atoms with van der Waals surface area (Å²) in [5.74, 6) is 2.24. The van der Waals surface area contributed by atoms with Gasteiger partial charge in [-0.15, -0.1) is 11.8 Å². The summed E-state index contributed by atoms with van der Waals surface area (Å²) in [5, 5.41) is 16.8. The Bertz CT molecular complexity index is 798. The second-order valence-corrected chi connectivity index (χ2v) is 10.3. The third kappa shape index (κ3) is 8.85. The summed E-state index contributed by atoms with van der Waals surface area (Å²) in [6.07, 6.45) is 6.60. The van der Waals surface area contributed by atoms with E-state index >= 15 is 0 Å². The van der Waals surface area contributed by atoms with Crippen LogP contribution in [0.5, 0.6) is 0 Å². The van der Waals surface area contributed by atoms with Gasteiger partial charge in [0.15, 0.2) is 0 Å². The van der Waals surface area contributed by atoms with Gasteiger partial charge in [-0.2, -0.15) is 5.10 Å². The minimum atomic E-state index is 0.251. The first-order valence-electron chi connectivity index (χ1n) is 13.7. The molecule has 8 nitrogen and oxygen atoms in total. The van der Waals surface area contributed by atoms with E-state index in [1.807, 2.05) is 25.6 Å². The summed E-state index contributed by atoms with van der Waals surface area (Å²) in [6.45, 7) is 18.4. The highest BCUT2D eigenvalue weighted by molar-refractivity contribution is 7.99. The van der Waals surface area contributed by atoms with Crippen molar-refractivity contribution in [2.24, 2.45) is 11.0 Å². The number of hydrogen-bond acceptors (Lipinski definition) is 9. The molecule has 0 aromatic carbocycles. The first-order chi connectivity index (χ1) is 17.6. The number of hydrazone groups is 1. The van der Waals surface area contributed by atoms with Gasteiger partial charge in [0, 0.05) is 58.8 Å². The van der Waals surface area contributed by atoms with Gasteiger partial charge in [-0.1, -0.05) is 40.5 Å². The largest absolute Gasteiger partial charge is 0.396 e. The molecule has 2 aliphatic heterocycles. The molecule has 2 atom stereocenters. The van der Waals surface area contributed by atoms with Crippen LogP contribution in [-0.4, -0.2) is 90.8 Å². The molecule has 0 aliphatic carbocycles. The molecule has 1 fully saturated rings. The van der Waals surface area contributed by atoms with Crippen LogP contribution in [0.25, 0.3) is 6.08 Å². The molecule has 204 valence electrons. The van der Waals surface area contributed by atoms with Gasteiger partial charge in [0.25, 0.3) is 0 Å². The Morgan fingerprint density at radius 2 is 1.94 bits per heavy atom. The molecule has 2 unspecified atom stereocenters.